The number of nitro groups is 1. The van der Waals surface area contributed by atoms with Gasteiger partial charge < -0.3 is 10.5 Å². The zero-order valence-corrected chi connectivity index (χ0v) is 10.8. The summed E-state index contributed by atoms with van der Waals surface area (Å²) in [6, 6.07) is 4.59. The Labute approximate surface area is 111 Å². The van der Waals surface area contributed by atoms with E-state index < -0.39 is 4.92 Å². The quantitative estimate of drug-likeness (QED) is 0.356. The van der Waals surface area contributed by atoms with Gasteiger partial charge in [-0.25, -0.2) is 0 Å². The second-order valence-electron chi connectivity index (χ2n) is 5.20. The molecule has 0 atom stereocenters. The van der Waals surface area contributed by atoms with Gasteiger partial charge in [0.25, 0.3) is 5.69 Å². The summed E-state index contributed by atoms with van der Waals surface area (Å²) in [7, 11) is 0. The van der Waals surface area contributed by atoms with Crippen molar-refractivity contribution in [3.63, 3.8) is 0 Å². The second-order valence-corrected chi connectivity index (χ2v) is 5.20. The monoisotopic (exact) mass is 263 g/mol. The number of hydrogen-bond acceptors (Lipinski definition) is 4. The molecule has 19 heavy (non-hydrogen) atoms. The van der Waals surface area contributed by atoms with E-state index in [0.717, 1.165) is 18.4 Å². The van der Waals surface area contributed by atoms with Crippen molar-refractivity contribution < 1.29 is 9.66 Å². The molecular formula is C13H17N3O3. The molecule has 1 fully saturated rings. The van der Waals surface area contributed by atoms with Crippen LogP contribution in [0.3, 0.4) is 0 Å². The van der Waals surface area contributed by atoms with E-state index in [1.165, 1.54) is 12.1 Å². The van der Waals surface area contributed by atoms with Gasteiger partial charge in [-0.15, -0.1) is 0 Å². The van der Waals surface area contributed by atoms with Gasteiger partial charge in [0.15, 0.2) is 0 Å². The van der Waals surface area contributed by atoms with Crippen LogP contribution in [0.15, 0.2) is 18.2 Å². The molecule has 6 heteroatoms. The zero-order valence-electron chi connectivity index (χ0n) is 10.8. The summed E-state index contributed by atoms with van der Waals surface area (Å²) in [5.74, 6) is 0.695. The van der Waals surface area contributed by atoms with Gasteiger partial charge in [-0.3, -0.25) is 15.5 Å². The summed E-state index contributed by atoms with van der Waals surface area (Å²) in [6.45, 7) is 2.30. The smallest absolute Gasteiger partial charge is 0.273 e. The maximum absolute atomic E-state index is 10.7. The predicted octanol–water partition coefficient (Wildman–Crippen LogP) is 2.39. The van der Waals surface area contributed by atoms with E-state index in [1.54, 1.807) is 6.07 Å². The lowest BCUT2D eigenvalue weighted by Gasteiger charge is -2.16. The van der Waals surface area contributed by atoms with Gasteiger partial charge in [-0.05, 0) is 31.4 Å². The lowest BCUT2D eigenvalue weighted by atomic mass is 10.0. The number of non-ortho nitro benzene ring substituents is 1. The molecule has 1 aliphatic rings. The van der Waals surface area contributed by atoms with E-state index in [4.69, 9.17) is 15.9 Å². The van der Waals surface area contributed by atoms with Crippen LogP contribution in [-0.2, 0) is 0 Å². The van der Waals surface area contributed by atoms with Crippen molar-refractivity contribution in [1.82, 2.24) is 0 Å². The lowest BCUT2D eigenvalue weighted by Crippen LogP contribution is -2.21. The number of nitrogens with two attached hydrogens (primary N) is 1. The SMILES string of the molecule is Cc1ccc([N+](=O)[O-])cc1OCC1(CC(=N)N)CC1. The number of hydrogen-bond donors (Lipinski definition) is 2. The van der Waals surface area contributed by atoms with Crippen molar-refractivity contribution in [2.45, 2.75) is 26.2 Å². The summed E-state index contributed by atoms with van der Waals surface area (Å²) in [6.07, 6.45) is 2.50. The van der Waals surface area contributed by atoms with Crippen molar-refractivity contribution in [1.29, 1.82) is 5.41 Å². The highest BCUT2D eigenvalue weighted by Crippen LogP contribution is 2.49. The molecule has 0 aromatic heterocycles. The summed E-state index contributed by atoms with van der Waals surface area (Å²) < 4.78 is 5.70. The third kappa shape index (κ3) is 3.21. The first-order valence-electron chi connectivity index (χ1n) is 6.13. The number of nitrogens with zero attached hydrogens (tertiary/aromatic N) is 1. The molecule has 6 nitrogen and oxygen atoms in total. The molecule has 0 saturated heterocycles. The predicted molar refractivity (Wildman–Crippen MR) is 71.5 cm³/mol. The number of amidine groups is 1. The Morgan fingerprint density at radius 3 is 2.79 bits per heavy atom. The van der Waals surface area contributed by atoms with E-state index in [-0.39, 0.29) is 16.9 Å². The van der Waals surface area contributed by atoms with Crippen LogP contribution < -0.4 is 10.5 Å². The standard InChI is InChI=1S/C13H17N3O3/c1-9-2-3-10(16(17)18)6-11(9)19-8-13(4-5-13)7-12(14)15/h2-3,6H,4-5,7-8H2,1H3,(H3,14,15). The summed E-state index contributed by atoms with van der Waals surface area (Å²) in [4.78, 5) is 10.3. The molecule has 0 heterocycles. The summed E-state index contributed by atoms with van der Waals surface area (Å²) in [5, 5.41) is 18.1. The summed E-state index contributed by atoms with van der Waals surface area (Å²) >= 11 is 0. The topological polar surface area (TPSA) is 102 Å². The first kappa shape index (κ1) is 13.3. The van der Waals surface area contributed by atoms with E-state index in [2.05, 4.69) is 0 Å². The molecule has 0 spiro atoms. The number of benzene rings is 1. The normalized spacial score (nSPS) is 15.8. The first-order valence-corrected chi connectivity index (χ1v) is 6.13. The van der Waals surface area contributed by atoms with Crippen LogP contribution >= 0.6 is 0 Å². The first-order chi connectivity index (χ1) is 8.92. The largest absolute Gasteiger partial charge is 0.492 e. The third-order valence-electron chi connectivity index (χ3n) is 3.44. The molecule has 1 aromatic rings. The van der Waals surface area contributed by atoms with Crippen LogP contribution in [-0.4, -0.2) is 17.4 Å². The molecule has 0 amide bonds. The van der Waals surface area contributed by atoms with Gasteiger partial charge >= 0.3 is 0 Å². The van der Waals surface area contributed by atoms with Crippen molar-refractivity contribution in [3.05, 3.63) is 33.9 Å². The van der Waals surface area contributed by atoms with Crippen LogP contribution in [0.5, 0.6) is 5.75 Å². The zero-order chi connectivity index (χ0) is 14.0. The fraction of sp³-hybridized carbons (Fsp3) is 0.462. The van der Waals surface area contributed by atoms with Crippen molar-refractivity contribution in [2.24, 2.45) is 11.1 Å². The van der Waals surface area contributed by atoms with Gasteiger partial charge in [-0.2, -0.15) is 0 Å². The van der Waals surface area contributed by atoms with Crippen LogP contribution in [0.1, 0.15) is 24.8 Å². The fourth-order valence-electron chi connectivity index (χ4n) is 2.04. The second kappa shape index (κ2) is 4.87. The number of aryl methyl sites for hydroxylation is 1. The van der Waals surface area contributed by atoms with Gasteiger partial charge in [0.1, 0.15) is 5.75 Å². The molecule has 3 N–H and O–H groups in total. The van der Waals surface area contributed by atoms with E-state index in [0.29, 0.717) is 18.8 Å². The Kier molecular flexibility index (Phi) is 3.42. The molecular weight excluding hydrogens is 246 g/mol. The maximum atomic E-state index is 10.7. The summed E-state index contributed by atoms with van der Waals surface area (Å²) in [5.41, 5.74) is 6.27. The molecule has 1 aromatic carbocycles. The van der Waals surface area contributed by atoms with Crippen molar-refractivity contribution in [3.8, 4) is 5.75 Å². The molecule has 0 aliphatic heterocycles. The number of nitro benzene ring substituents is 1. The highest BCUT2D eigenvalue weighted by Gasteiger charge is 2.44. The molecule has 102 valence electrons. The molecule has 0 radical (unpaired) electrons. The maximum Gasteiger partial charge on any atom is 0.273 e. The van der Waals surface area contributed by atoms with Gasteiger partial charge in [0, 0.05) is 17.9 Å². The van der Waals surface area contributed by atoms with Crippen molar-refractivity contribution >= 4 is 11.5 Å². The van der Waals surface area contributed by atoms with E-state index >= 15 is 0 Å². The third-order valence-corrected chi connectivity index (χ3v) is 3.44. The Balaban J connectivity index is 2.05. The fourth-order valence-corrected chi connectivity index (χ4v) is 2.04. The molecule has 0 bridgehead atoms. The minimum Gasteiger partial charge on any atom is -0.492 e. The van der Waals surface area contributed by atoms with Crippen LogP contribution in [0, 0.1) is 27.9 Å². The number of ether oxygens (including phenoxy) is 1. The molecule has 1 aliphatic carbocycles. The minimum absolute atomic E-state index is 0.0250. The van der Waals surface area contributed by atoms with Gasteiger partial charge in [-0.1, -0.05) is 0 Å². The number of rotatable bonds is 6. The average Bonchev–Trinajstić information content (AvgIpc) is 3.07. The Morgan fingerprint density at radius 1 is 1.58 bits per heavy atom. The highest BCUT2D eigenvalue weighted by molar-refractivity contribution is 5.78. The van der Waals surface area contributed by atoms with Crippen LogP contribution in [0.4, 0.5) is 5.69 Å². The average molecular weight is 263 g/mol. The molecule has 2 rings (SSSR count). The minimum atomic E-state index is -0.436. The molecule has 0 unspecified atom stereocenters. The van der Waals surface area contributed by atoms with Gasteiger partial charge in [0.05, 0.1) is 23.4 Å². The Bertz CT molecular complexity index is 524. The Morgan fingerprint density at radius 2 is 2.26 bits per heavy atom. The lowest BCUT2D eigenvalue weighted by molar-refractivity contribution is -0.385. The van der Waals surface area contributed by atoms with E-state index in [9.17, 15) is 10.1 Å². The Hall–Kier alpha value is -2.11. The number of nitrogens with one attached hydrogen (secondary N) is 1. The van der Waals surface area contributed by atoms with Crippen LogP contribution in [0.2, 0.25) is 0 Å². The van der Waals surface area contributed by atoms with E-state index in [1.807, 2.05) is 6.92 Å². The highest BCUT2D eigenvalue weighted by atomic mass is 16.6. The molecule has 1 saturated carbocycles. The van der Waals surface area contributed by atoms with Crippen molar-refractivity contribution in [2.75, 3.05) is 6.61 Å². The van der Waals surface area contributed by atoms with Crippen LogP contribution in [0.25, 0.3) is 0 Å². The van der Waals surface area contributed by atoms with Gasteiger partial charge in [0.2, 0.25) is 0 Å².